The summed E-state index contributed by atoms with van der Waals surface area (Å²) in [5.74, 6) is 0. The zero-order valence-corrected chi connectivity index (χ0v) is 15.4. The summed E-state index contributed by atoms with van der Waals surface area (Å²) in [4.78, 5) is 4.28. The smallest absolute Gasteiger partial charge is 0.387 e. The predicted molar refractivity (Wildman–Crippen MR) is 101 cm³/mol. The maximum atomic E-state index is 12.7. The summed E-state index contributed by atoms with van der Waals surface area (Å²) in [6.45, 7) is 3.38. The molecule has 2 aromatic rings. The Kier molecular flexibility index (Phi) is 6.22. The largest absolute Gasteiger partial charge is 0.416 e. The number of aliphatic hydroxyl groups is 1. The maximum Gasteiger partial charge on any atom is 0.416 e. The van der Waals surface area contributed by atoms with Crippen molar-refractivity contribution in [1.29, 1.82) is 5.26 Å². The lowest BCUT2D eigenvalue weighted by atomic mass is 10.1. The van der Waals surface area contributed by atoms with Gasteiger partial charge in [0, 0.05) is 32.7 Å². The number of β-amino-alcohol motifs (C(OH)–C–C–N with tert-alkyl or cyclic N) is 1. The molecule has 0 bridgehead atoms. The molecule has 28 heavy (non-hydrogen) atoms. The molecule has 7 heteroatoms. The lowest BCUT2D eigenvalue weighted by molar-refractivity contribution is -0.137. The Bertz CT molecular complexity index is 830. The van der Waals surface area contributed by atoms with E-state index in [0.29, 0.717) is 24.2 Å². The summed E-state index contributed by atoms with van der Waals surface area (Å²) in [6.07, 6.45) is -4.35. The van der Waals surface area contributed by atoms with E-state index in [2.05, 4.69) is 15.9 Å². The average Bonchev–Trinajstić information content (AvgIpc) is 2.93. The lowest BCUT2D eigenvalue weighted by Crippen LogP contribution is -2.33. The van der Waals surface area contributed by atoms with Crippen LogP contribution in [0.5, 0.6) is 0 Å². The highest BCUT2D eigenvalue weighted by atomic mass is 19.4. The van der Waals surface area contributed by atoms with Crippen molar-refractivity contribution in [3.8, 4) is 6.07 Å². The van der Waals surface area contributed by atoms with E-state index in [9.17, 15) is 23.5 Å². The van der Waals surface area contributed by atoms with Gasteiger partial charge in [0.15, 0.2) is 0 Å². The first-order valence-corrected chi connectivity index (χ1v) is 9.20. The van der Waals surface area contributed by atoms with Gasteiger partial charge in [-0.25, -0.2) is 0 Å². The highest BCUT2D eigenvalue weighted by molar-refractivity contribution is 5.59. The maximum absolute atomic E-state index is 12.7. The molecule has 1 N–H and O–H groups in total. The summed E-state index contributed by atoms with van der Waals surface area (Å²) < 4.78 is 38.0. The molecule has 0 spiro atoms. The van der Waals surface area contributed by atoms with Crippen molar-refractivity contribution < 1.29 is 18.3 Å². The number of rotatable bonds is 4. The van der Waals surface area contributed by atoms with E-state index in [1.165, 1.54) is 12.1 Å². The van der Waals surface area contributed by atoms with Gasteiger partial charge in [-0.05, 0) is 36.2 Å². The molecule has 1 heterocycles. The van der Waals surface area contributed by atoms with Gasteiger partial charge in [-0.2, -0.15) is 18.4 Å². The molecular weight excluding hydrogens is 367 g/mol. The van der Waals surface area contributed by atoms with E-state index in [-0.39, 0.29) is 0 Å². The molecule has 0 radical (unpaired) electrons. The van der Waals surface area contributed by atoms with Crippen LogP contribution in [0.1, 0.15) is 29.2 Å². The number of hydrogen-bond acceptors (Lipinski definition) is 4. The fourth-order valence-corrected chi connectivity index (χ4v) is 3.48. The van der Waals surface area contributed by atoms with E-state index in [4.69, 9.17) is 0 Å². The van der Waals surface area contributed by atoms with Gasteiger partial charge in [0.2, 0.25) is 0 Å². The second-order valence-electron chi connectivity index (χ2n) is 6.91. The van der Waals surface area contributed by atoms with Gasteiger partial charge < -0.3 is 10.0 Å². The van der Waals surface area contributed by atoms with Gasteiger partial charge in [-0.1, -0.05) is 24.3 Å². The van der Waals surface area contributed by atoms with Crippen molar-refractivity contribution in [1.82, 2.24) is 4.90 Å². The summed E-state index contributed by atoms with van der Waals surface area (Å²) in [6, 6.07) is 14.4. The van der Waals surface area contributed by atoms with E-state index in [0.717, 1.165) is 43.9 Å². The van der Waals surface area contributed by atoms with Crippen molar-refractivity contribution >= 4 is 5.69 Å². The summed E-state index contributed by atoms with van der Waals surface area (Å²) in [5, 5.41) is 19.7. The Morgan fingerprint density at radius 3 is 2.39 bits per heavy atom. The first-order valence-electron chi connectivity index (χ1n) is 9.20. The van der Waals surface area contributed by atoms with E-state index >= 15 is 0 Å². The zero-order valence-electron chi connectivity index (χ0n) is 15.4. The van der Waals surface area contributed by atoms with Gasteiger partial charge in [0.1, 0.15) is 6.07 Å². The molecular formula is C21H22F3N3O. The molecule has 148 valence electrons. The molecule has 1 aliphatic heterocycles. The Labute approximate surface area is 162 Å². The van der Waals surface area contributed by atoms with Crippen molar-refractivity contribution in [2.45, 2.75) is 18.7 Å². The van der Waals surface area contributed by atoms with Gasteiger partial charge in [-0.15, -0.1) is 0 Å². The zero-order chi connectivity index (χ0) is 20.1. The lowest BCUT2D eigenvalue weighted by Gasteiger charge is -2.25. The monoisotopic (exact) mass is 389 g/mol. The molecule has 0 amide bonds. The summed E-state index contributed by atoms with van der Waals surface area (Å²) in [5.41, 5.74) is 1.31. The van der Waals surface area contributed by atoms with Crippen molar-refractivity contribution in [3.63, 3.8) is 0 Å². The number of alkyl halides is 3. The SMILES string of the molecule is N#Cc1ccccc1N1CCCN(CC(O)c2ccc(C(F)(F)F)cc2)CC1. The third kappa shape index (κ3) is 4.83. The van der Waals surface area contributed by atoms with Crippen molar-refractivity contribution in [2.24, 2.45) is 0 Å². The minimum atomic E-state index is -4.38. The fraction of sp³-hybridized carbons (Fsp3) is 0.381. The first-order chi connectivity index (χ1) is 13.4. The van der Waals surface area contributed by atoms with E-state index in [1.54, 1.807) is 6.07 Å². The van der Waals surface area contributed by atoms with E-state index in [1.807, 2.05) is 18.2 Å². The van der Waals surface area contributed by atoms with Gasteiger partial charge in [0.25, 0.3) is 0 Å². The highest BCUT2D eigenvalue weighted by Gasteiger charge is 2.30. The molecule has 3 rings (SSSR count). The van der Waals surface area contributed by atoms with Crippen LogP contribution in [0.2, 0.25) is 0 Å². The van der Waals surface area contributed by atoms with Crippen LogP contribution in [0.4, 0.5) is 18.9 Å². The van der Waals surface area contributed by atoms with Crippen LogP contribution < -0.4 is 4.90 Å². The molecule has 1 fully saturated rings. The number of hydrogen-bond donors (Lipinski definition) is 1. The summed E-state index contributed by atoms with van der Waals surface area (Å²) >= 11 is 0. The van der Waals surface area contributed by atoms with Crippen molar-refractivity contribution in [2.75, 3.05) is 37.6 Å². The molecule has 4 nitrogen and oxygen atoms in total. The van der Waals surface area contributed by atoms with Crippen LogP contribution in [0.15, 0.2) is 48.5 Å². The van der Waals surface area contributed by atoms with E-state index < -0.39 is 17.8 Å². The average molecular weight is 389 g/mol. The first kappa shape index (κ1) is 20.2. The number of para-hydroxylation sites is 1. The predicted octanol–water partition coefficient (Wildman–Crippen LogP) is 3.82. The second-order valence-corrected chi connectivity index (χ2v) is 6.91. The van der Waals surface area contributed by atoms with Crippen LogP contribution in [0, 0.1) is 11.3 Å². The Balaban J connectivity index is 1.61. The highest BCUT2D eigenvalue weighted by Crippen LogP contribution is 2.30. The second kappa shape index (κ2) is 8.63. The Morgan fingerprint density at radius 2 is 1.71 bits per heavy atom. The molecule has 1 unspecified atom stereocenters. The number of nitrogens with zero attached hydrogens (tertiary/aromatic N) is 3. The standard InChI is InChI=1S/C21H22F3N3O/c22-21(23,24)18-8-6-16(7-9-18)20(28)15-26-10-3-11-27(13-12-26)19-5-2-1-4-17(19)14-25/h1-2,4-9,20,28H,3,10-13,15H2. The molecule has 1 aliphatic rings. The van der Waals surface area contributed by atoms with Gasteiger partial charge in [-0.3, -0.25) is 4.90 Å². The van der Waals surface area contributed by atoms with Crippen LogP contribution in [-0.4, -0.2) is 42.7 Å². The number of benzene rings is 2. The van der Waals surface area contributed by atoms with Crippen LogP contribution in [0.3, 0.4) is 0 Å². The summed E-state index contributed by atoms with van der Waals surface area (Å²) in [7, 11) is 0. The molecule has 1 saturated heterocycles. The topological polar surface area (TPSA) is 50.5 Å². The third-order valence-corrected chi connectivity index (χ3v) is 5.01. The number of aliphatic hydroxyl groups excluding tert-OH is 1. The molecule has 1 atom stereocenters. The fourth-order valence-electron chi connectivity index (χ4n) is 3.48. The number of anilines is 1. The van der Waals surface area contributed by atoms with Crippen molar-refractivity contribution in [3.05, 3.63) is 65.2 Å². The molecule has 0 aliphatic carbocycles. The van der Waals surface area contributed by atoms with Crippen LogP contribution in [0.25, 0.3) is 0 Å². The molecule has 0 aromatic heterocycles. The van der Waals surface area contributed by atoms with Gasteiger partial charge in [0.05, 0.1) is 22.9 Å². The quantitative estimate of drug-likeness (QED) is 0.864. The Hall–Kier alpha value is -2.56. The molecule has 0 saturated carbocycles. The molecule has 2 aromatic carbocycles. The minimum Gasteiger partial charge on any atom is -0.387 e. The normalized spacial score (nSPS) is 17.0. The number of halogens is 3. The minimum absolute atomic E-state index is 0.360. The van der Waals surface area contributed by atoms with Crippen LogP contribution >= 0.6 is 0 Å². The third-order valence-electron chi connectivity index (χ3n) is 5.01. The van der Waals surface area contributed by atoms with Crippen LogP contribution in [-0.2, 0) is 6.18 Å². The Morgan fingerprint density at radius 1 is 1.00 bits per heavy atom. The number of nitriles is 1. The van der Waals surface area contributed by atoms with Gasteiger partial charge >= 0.3 is 6.18 Å².